The van der Waals surface area contributed by atoms with Gasteiger partial charge in [0.25, 0.3) is 0 Å². The Hall–Kier alpha value is -0.930. The van der Waals surface area contributed by atoms with E-state index in [-0.39, 0.29) is 0 Å². The van der Waals surface area contributed by atoms with Crippen molar-refractivity contribution >= 4 is 0 Å². The van der Waals surface area contributed by atoms with Gasteiger partial charge in [-0.15, -0.1) is 0 Å². The molecule has 2 heterocycles. The molecule has 0 radical (unpaired) electrons. The third kappa shape index (κ3) is 2.05. The fourth-order valence-corrected chi connectivity index (χ4v) is 1.68. The highest BCUT2D eigenvalue weighted by Crippen LogP contribution is 2.12. The Morgan fingerprint density at radius 2 is 2.46 bits per heavy atom. The molecule has 1 atom stereocenters. The zero-order chi connectivity index (χ0) is 9.10. The molecular formula is C10H15N3. The van der Waals surface area contributed by atoms with Gasteiger partial charge in [0.05, 0.1) is 11.7 Å². The number of hydrogen-bond acceptors (Lipinski definition) is 3. The van der Waals surface area contributed by atoms with E-state index in [1.807, 2.05) is 18.3 Å². The summed E-state index contributed by atoms with van der Waals surface area (Å²) < 4.78 is 0. The molecule has 1 aromatic heterocycles. The largest absolute Gasteiger partial charge is 0.306 e. The number of aromatic nitrogens is 1. The zero-order valence-electron chi connectivity index (χ0n) is 7.90. The van der Waals surface area contributed by atoms with Crippen molar-refractivity contribution in [2.24, 2.45) is 0 Å². The van der Waals surface area contributed by atoms with Gasteiger partial charge in [0.1, 0.15) is 0 Å². The van der Waals surface area contributed by atoms with E-state index >= 15 is 0 Å². The molecule has 13 heavy (non-hydrogen) atoms. The number of piperazine rings is 1. The van der Waals surface area contributed by atoms with Crippen molar-refractivity contribution in [1.29, 1.82) is 0 Å². The number of rotatable bonds is 1. The fourth-order valence-electron chi connectivity index (χ4n) is 1.68. The highest BCUT2D eigenvalue weighted by atomic mass is 15.2. The maximum absolute atomic E-state index is 4.35. The van der Waals surface area contributed by atoms with E-state index in [0.717, 1.165) is 25.3 Å². The molecule has 70 valence electrons. The number of nitrogens with zero attached hydrogens (tertiary/aromatic N) is 2. The Bertz CT molecular complexity index is 260. The summed E-state index contributed by atoms with van der Waals surface area (Å²) in [6.07, 6.45) is 1.85. The predicted octanol–water partition coefficient (Wildman–Crippen LogP) is 0.658. The lowest BCUT2D eigenvalue weighted by molar-refractivity contribution is 0.238. The maximum Gasteiger partial charge on any atom is 0.0624 e. The predicted molar refractivity (Wildman–Crippen MR) is 52.5 cm³/mol. The summed E-state index contributed by atoms with van der Waals surface area (Å²) in [7, 11) is 2.15. The third-order valence-corrected chi connectivity index (χ3v) is 2.42. The standard InChI is InChI=1S/C10H15N3/c1-13-7-6-12-10(8-13)9-4-2-3-5-11-9/h2-5,10,12H,6-8H2,1H3/t10-/m1/s1. The molecule has 1 N–H and O–H groups in total. The van der Waals surface area contributed by atoms with E-state index in [1.54, 1.807) is 0 Å². The van der Waals surface area contributed by atoms with Crippen molar-refractivity contribution in [3.05, 3.63) is 30.1 Å². The molecule has 1 aliphatic heterocycles. The lowest BCUT2D eigenvalue weighted by Crippen LogP contribution is -2.43. The Morgan fingerprint density at radius 1 is 1.54 bits per heavy atom. The van der Waals surface area contributed by atoms with Crippen LogP contribution >= 0.6 is 0 Å². The molecule has 0 unspecified atom stereocenters. The minimum atomic E-state index is 0.403. The SMILES string of the molecule is CN1CCN[C@@H](c2ccccn2)C1. The number of likely N-dealkylation sites (N-methyl/N-ethyl adjacent to an activating group) is 1. The van der Waals surface area contributed by atoms with E-state index < -0.39 is 0 Å². The lowest BCUT2D eigenvalue weighted by Gasteiger charge is -2.30. The van der Waals surface area contributed by atoms with Crippen molar-refractivity contribution < 1.29 is 0 Å². The van der Waals surface area contributed by atoms with Gasteiger partial charge in [-0.1, -0.05) is 6.07 Å². The van der Waals surface area contributed by atoms with Crippen molar-refractivity contribution in [2.75, 3.05) is 26.7 Å². The summed E-state index contributed by atoms with van der Waals surface area (Å²) in [5, 5.41) is 3.46. The minimum Gasteiger partial charge on any atom is -0.306 e. The molecule has 0 spiro atoms. The molecule has 1 aliphatic rings. The van der Waals surface area contributed by atoms with E-state index in [2.05, 4.69) is 28.3 Å². The molecule has 3 heteroatoms. The van der Waals surface area contributed by atoms with Crippen LogP contribution in [0.5, 0.6) is 0 Å². The van der Waals surface area contributed by atoms with Crippen LogP contribution in [-0.2, 0) is 0 Å². The van der Waals surface area contributed by atoms with Gasteiger partial charge in [0, 0.05) is 25.8 Å². The Balaban J connectivity index is 2.08. The molecule has 0 amide bonds. The summed E-state index contributed by atoms with van der Waals surface area (Å²) in [5.74, 6) is 0. The van der Waals surface area contributed by atoms with Crippen molar-refractivity contribution in [2.45, 2.75) is 6.04 Å². The molecule has 1 saturated heterocycles. The third-order valence-electron chi connectivity index (χ3n) is 2.42. The average molecular weight is 177 g/mol. The first kappa shape index (κ1) is 8.66. The molecule has 0 aromatic carbocycles. The summed E-state index contributed by atoms with van der Waals surface area (Å²) >= 11 is 0. The first-order valence-electron chi connectivity index (χ1n) is 4.69. The van der Waals surface area contributed by atoms with Gasteiger partial charge in [0.2, 0.25) is 0 Å². The van der Waals surface area contributed by atoms with Crippen LogP contribution in [0.1, 0.15) is 11.7 Å². The van der Waals surface area contributed by atoms with E-state index in [9.17, 15) is 0 Å². The van der Waals surface area contributed by atoms with E-state index in [4.69, 9.17) is 0 Å². The summed E-state index contributed by atoms with van der Waals surface area (Å²) in [5.41, 5.74) is 1.15. The summed E-state index contributed by atoms with van der Waals surface area (Å²) in [4.78, 5) is 6.68. The van der Waals surface area contributed by atoms with E-state index in [1.165, 1.54) is 0 Å². The van der Waals surface area contributed by atoms with Crippen LogP contribution < -0.4 is 5.32 Å². The zero-order valence-corrected chi connectivity index (χ0v) is 7.90. The highest BCUT2D eigenvalue weighted by molar-refractivity contribution is 5.09. The van der Waals surface area contributed by atoms with Crippen LogP contribution in [0.3, 0.4) is 0 Å². The molecular weight excluding hydrogens is 162 g/mol. The van der Waals surface area contributed by atoms with Gasteiger partial charge in [-0.3, -0.25) is 4.98 Å². The highest BCUT2D eigenvalue weighted by Gasteiger charge is 2.18. The van der Waals surface area contributed by atoms with Gasteiger partial charge < -0.3 is 10.2 Å². The van der Waals surface area contributed by atoms with Crippen LogP contribution in [0.2, 0.25) is 0 Å². The van der Waals surface area contributed by atoms with Crippen molar-refractivity contribution in [1.82, 2.24) is 15.2 Å². The first-order valence-corrected chi connectivity index (χ1v) is 4.69. The number of pyridine rings is 1. The lowest BCUT2D eigenvalue weighted by atomic mass is 10.1. The van der Waals surface area contributed by atoms with Crippen LogP contribution in [-0.4, -0.2) is 36.6 Å². The second-order valence-corrected chi connectivity index (χ2v) is 3.52. The number of hydrogen-bond donors (Lipinski definition) is 1. The topological polar surface area (TPSA) is 28.2 Å². The Kier molecular flexibility index (Phi) is 2.57. The quantitative estimate of drug-likeness (QED) is 0.683. The average Bonchev–Trinajstić information content (AvgIpc) is 2.19. The summed E-state index contributed by atoms with van der Waals surface area (Å²) in [6.45, 7) is 3.23. The van der Waals surface area contributed by atoms with Gasteiger partial charge >= 0.3 is 0 Å². The van der Waals surface area contributed by atoms with Crippen LogP contribution in [0.15, 0.2) is 24.4 Å². The Labute approximate surface area is 78.8 Å². The molecule has 1 aromatic rings. The minimum absolute atomic E-state index is 0.403. The first-order chi connectivity index (χ1) is 6.36. The normalized spacial score (nSPS) is 24.5. The second-order valence-electron chi connectivity index (χ2n) is 3.52. The van der Waals surface area contributed by atoms with Crippen LogP contribution in [0.4, 0.5) is 0 Å². The van der Waals surface area contributed by atoms with Gasteiger partial charge in [0.15, 0.2) is 0 Å². The molecule has 2 rings (SSSR count). The van der Waals surface area contributed by atoms with Gasteiger partial charge in [-0.25, -0.2) is 0 Å². The molecule has 1 fully saturated rings. The number of nitrogens with one attached hydrogen (secondary N) is 1. The maximum atomic E-state index is 4.35. The second kappa shape index (κ2) is 3.85. The fraction of sp³-hybridized carbons (Fsp3) is 0.500. The molecule has 0 bridgehead atoms. The Morgan fingerprint density at radius 3 is 3.15 bits per heavy atom. The monoisotopic (exact) mass is 177 g/mol. The molecule has 0 saturated carbocycles. The summed E-state index contributed by atoms with van der Waals surface area (Å²) in [6, 6.07) is 6.48. The molecule has 0 aliphatic carbocycles. The van der Waals surface area contributed by atoms with Gasteiger partial charge in [-0.2, -0.15) is 0 Å². The molecule has 3 nitrogen and oxygen atoms in total. The van der Waals surface area contributed by atoms with Crippen molar-refractivity contribution in [3.8, 4) is 0 Å². The van der Waals surface area contributed by atoms with Crippen LogP contribution in [0, 0.1) is 0 Å². The van der Waals surface area contributed by atoms with Crippen LogP contribution in [0.25, 0.3) is 0 Å². The smallest absolute Gasteiger partial charge is 0.0624 e. The van der Waals surface area contributed by atoms with E-state index in [0.29, 0.717) is 6.04 Å². The van der Waals surface area contributed by atoms with Gasteiger partial charge in [-0.05, 0) is 19.2 Å². The van der Waals surface area contributed by atoms with Crippen molar-refractivity contribution in [3.63, 3.8) is 0 Å².